The number of aliphatic hydroxyl groups excluding tert-OH is 1. The third-order valence-corrected chi connectivity index (χ3v) is 20.5. The van der Waals surface area contributed by atoms with Gasteiger partial charge in [0.15, 0.2) is 0 Å². The molecule has 2 aromatic rings. The van der Waals surface area contributed by atoms with E-state index < -0.39 is 175 Å². The highest BCUT2D eigenvalue weighted by Crippen LogP contribution is 2.27. The zero-order chi connectivity index (χ0) is 69.3. The average Bonchev–Trinajstić information content (AvgIpc) is 1.71. The van der Waals surface area contributed by atoms with Gasteiger partial charge in [0, 0.05) is 67.1 Å². The average molecular weight is 1400 g/mol. The summed E-state index contributed by atoms with van der Waals surface area (Å²) >= 11 is 0. The maximum absolute atomic E-state index is 15.0. The molecule has 2 bridgehead atoms. The summed E-state index contributed by atoms with van der Waals surface area (Å²) in [5.41, 5.74) is 12.4. The number of carbonyl (C=O) groups is 14. The second-order valence-corrected chi connectivity index (χ2v) is 28.6. The first-order valence-electron chi connectivity index (χ1n) is 31.1. The molecule has 37 heteroatoms. The lowest BCUT2D eigenvalue weighted by molar-refractivity contribution is -0.142. The fourth-order valence-electron chi connectivity index (χ4n) is 10.3. The largest absolute Gasteiger partial charge is 0.508 e. The van der Waals surface area contributed by atoms with E-state index in [2.05, 4.69) is 73.8 Å². The summed E-state index contributed by atoms with van der Waals surface area (Å²) < 4.78 is 0. The maximum Gasteiger partial charge on any atom is 0.246 e. The number of aromatic nitrogens is 2. The van der Waals surface area contributed by atoms with E-state index in [0.29, 0.717) is 36.9 Å². The number of rotatable bonds is 19. The molecule has 95 heavy (non-hydrogen) atoms. The van der Waals surface area contributed by atoms with E-state index >= 15 is 0 Å². The summed E-state index contributed by atoms with van der Waals surface area (Å²) in [6.45, 7) is 3.44. The number of aliphatic hydroxyl groups is 1. The summed E-state index contributed by atoms with van der Waals surface area (Å²) in [6, 6.07) is -9.79. The molecule has 0 radical (unpaired) electrons. The van der Waals surface area contributed by atoms with Crippen LogP contribution in [0.5, 0.6) is 5.75 Å². The van der Waals surface area contributed by atoms with E-state index in [-0.39, 0.29) is 86.2 Å². The van der Waals surface area contributed by atoms with Crippen molar-refractivity contribution in [1.29, 1.82) is 0 Å². The molecule has 1 aromatic heterocycles. The van der Waals surface area contributed by atoms with Gasteiger partial charge in [0.25, 0.3) is 0 Å². The maximum atomic E-state index is 15.0. The zero-order valence-corrected chi connectivity index (χ0v) is 56.0. The molecular weight excluding hydrogens is 1320 g/mol. The van der Waals surface area contributed by atoms with Gasteiger partial charge in [0.1, 0.15) is 72.2 Å². The Hall–Kier alpha value is -7.87. The molecule has 0 saturated carbocycles. The Labute approximate surface area is 563 Å². The smallest absolute Gasteiger partial charge is 0.246 e. The predicted molar refractivity (Wildman–Crippen MR) is 351 cm³/mol. The summed E-state index contributed by atoms with van der Waals surface area (Å²) in [5, 5.41) is 52.3. The summed E-state index contributed by atoms with van der Waals surface area (Å²) in [7, 11) is 3.67. The number of nitrogens with zero attached hydrogens (tertiary/aromatic N) is 2. The Balaban J connectivity index is 1.41. The Bertz CT molecular complexity index is 3060. The second kappa shape index (κ2) is 38.0. The molecule has 5 heterocycles. The molecule has 4 aliphatic heterocycles. The number of carbonyl (C=O) groups excluding carboxylic acids is 14. The van der Waals surface area contributed by atoms with Gasteiger partial charge in [0.2, 0.25) is 82.7 Å². The minimum atomic E-state index is -1.60. The summed E-state index contributed by atoms with van der Waals surface area (Å²) in [6.07, 6.45) is 2.69. The van der Waals surface area contributed by atoms with Gasteiger partial charge in [-0.25, -0.2) is 4.98 Å². The van der Waals surface area contributed by atoms with Gasteiger partial charge in [0.05, 0.1) is 25.5 Å². The second-order valence-electron chi connectivity index (χ2n) is 23.4. The number of unbranched alkanes of at least 4 members (excludes halogenated alkanes) is 2. The van der Waals surface area contributed by atoms with E-state index in [1.807, 2.05) is 6.92 Å². The number of nitrogens with one attached hydrogen (secondary N) is 13. The van der Waals surface area contributed by atoms with Crippen LogP contribution in [0.3, 0.4) is 0 Å². The number of primary amides is 1. The molecule has 33 nitrogen and oxygen atoms in total. The molecule has 14 amide bonds. The Morgan fingerprint density at radius 1 is 0.695 bits per heavy atom. The van der Waals surface area contributed by atoms with Crippen molar-refractivity contribution in [3.8, 4) is 5.75 Å². The molecule has 1 aromatic carbocycles. The SMILES string of the molecule is CCCC[C@@H]1NC(=O)[C@H](CCCCN)NC(=O)[C@H](Cc2ccc(O)cc2)NC(=O)CNC(=O)[C@@H]2CSSC[C@H](NC1=O)C(=O)N[C@@H](Cc1cnc[nH]1)C(=O)N1C[C@H](O)C[C@H]1C(=O)N[C@H](C(N)=O)CSSC[C@H](NC(=O)[C@@H](NC(=O)CNC(=O)[C@@H]1CCC(=O)N1)C(C)C)C(=O)N2. The number of aromatic hydroxyl groups is 1. The lowest BCUT2D eigenvalue weighted by Crippen LogP contribution is -2.61. The van der Waals surface area contributed by atoms with Crippen LogP contribution < -0.4 is 75.3 Å². The molecular formula is C58H85N17O16S4. The number of phenols is 1. The van der Waals surface area contributed by atoms with Crippen LogP contribution in [-0.4, -0.2) is 230 Å². The molecule has 6 rings (SSSR count). The van der Waals surface area contributed by atoms with Crippen LogP contribution in [0.2, 0.25) is 0 Å². The van der Waals surface area contributed by atoms with E-state index in [1.165, 1.54) is 36.8 Å². The first-order valence-corrected chi connectivity index (χ1v) is 36.1. The molecule has 4 saturated heterocycles. The number of hydrogen-bond donors (Lipinski definition) is 17. The van der Waals surface area contributed by atoms with Gasteiger partial charge < -0.3 is 95.4 Å². The number of nitrogens with two attached hydrogens (primary N) is 2. The summed E-state index contributed by atoms with van der Waals surface area (Å²) in [5.74, 6) is -13.9. The van der Waals surface area contributed by atoms with Crippen molar-refractivity contribution in [2.45, 2.75) is 164 Å². The highest BCUT2D eigenvalue weighted by atomic mass is 33.1. The van der Waals surface area contributed by atoms with Crippen molar-refractivity contribution in [3.63, 3.8) is 0 Å². The molecule has 19 N–H and O–H groups in total. The number of fused-ring (bicyclic) bond motifs is 6. The number of H-pyrrole nitrogens is 1. The third kappa shape index (κ3) is 24.1. The lowest BCUT2D eigenvalue weighted by atomic mass is 10.0. The van der Waals surface area contributed by atoms with Crippen molar-refractivity contribution < 1.29 is 77.3 Å². The van der Waals surface area contributed by atoms with Crippen molar-refractivity contribution in [1.82, 2.24) is 78.7 Å². The van der Waals surface area contributed by atoms with E-state index in [4.69, 9.17) is 11.5 Å². The van der Waals surface area contributed by atoms with Gasteiger partial charge in [-0.05, 0) is 62.3 Å². The molecule has 12 atom stereocenters. The molecule has 0 unspecified atom stereocenters. The summed E-state index contributed by atoms with van der Waals surface area (Å²) in [4.78, 5) is 204. The Morgan fingerprint density at radius 2 is 1.33 bits per heavy atom. The van der Waals surface area contributed by atoms with Gasteiger partial charge in [-0.3, -0.25) is 67.1 Å². The van der Waals surface area contributed by atoms with Crippen LogP contribution in [0, 0.1) is 5.92 Å². The zero-order valence-electron chi connectivity index (χ0n) is 52.7. The number of hydrogen-bond acceptors (Lipinski definition) is 22. The highest BCUT2D eigenvalue weighted by Gasteiger charge is 2.44. The topological polar surface area (TPSA) is 508 Å². The van der Waals surface area contributed by atoms with Crippen LogP contribution in [0.4, 0.5) is 0 Å². The monoisotopic (exact) mass is 1400 g/mol. The first-order chi connectivity index (χ1) is 45.3. The van der Waals surface area contributed by atoms with Crippen LogP contribution in [0.15, 0.2) is 36.8 Å². The van der Waals surface area contributed by atoms with Crippen LogP contribution in [0.1, 0.15) is 89.8 Å². The quantitative estimate of drug-likeness (QED) is 0.0462. The van der Waals surface area contributed by atoms with Gasteiger partial charge in [-0.2, -0.15) is 0 Å². The number of aromatic amines is 1. The number of phenolic OH excluding ortho intramolecular Hbond substituents is 1. The van der Waals surface area contributed by atoms with Crippen LogP contribution in [0.25, 0.3) is 0 Å². The number of imidazole rings is 1. The van der Waals surface area contributed by atoms with Crippen molar-refractivity contribution in [3.05, 3.63) is 48.0 Å². The fourth-order valence-corrected chi connectivity index (χ4v) is 15.0. The molecule has 4 fully saturated rings. The van der Waals surface area contributed by atoms with Gasteiger partial charge in [-0.15, -0.1) is 0 Å². The van der Waals surface area contributed by atoms with Crippen molar-refractivity contribution in [2.24, 2.45) is 17.4 Å². The van der Waals surface area contributed by atoms with Crippen LogP contribution in [-0.2, 0) is 80.0 Å². The van der Waals surface area contributed by atoms with Crippen molar-refractivity contribution >= 4 is 126 Å². The number of amides is 14. The normalized spacial score (nSPS) is 26.3. The Kier molecular flexibility index (Phi) is 30.5. The Morgan fingerprint density at radius 3 is 1.96 bits per heavy atom. The minimum absolute atomic E-state index is 0.00871. The molecule has 0 spiro atoms. The highest BCUT2D eigenvalue weighted by molar-refractivity contribution is 8.77. The number of benzene rings is 1. The van der Waals surface area contributed by atoms with E-state index in [0.717, 1.165) is 48.1 Å². The van der Waals surface area contributed by atoms with E-state index in [1.54, 1.807) is 13.8 Å². The molecule has 522 valence electrons. The van der Waals surface area contributed by atoms with Crippen molar-refractivity contribution in [2.75, 3.05) is 49.2 Å². The molecule has 0 aliphatic carbocycles. The molecule has 4 aliphatic rings. The fraction of sp³-hybridized carbons (Fsp3) is 0.603. The minimum Gasteiger partial charge on any atom is -0.508 e. The van der Waals surface area contributed by atoms with E-state index in [9.17, 15) is 77.3 Å². The lowest BCUT2D eigenvalue weighted by Gasteiger charge is -2.30. The van der Waals surface area contributed by atoms with Gasteiger partial charge in [-0.1, -0.05) is 88.9 Å². The predicted octanol–water partition coefficient (Wildman–Crippen LogP) is -5.01. The van der Waals surface area contributed by atoms with Gasteiger partial charge >= 0.3 is 0 Å². The third-order valence-electron chi connectivity index (χ3n) is 15.6. The standard InChI is InChI=1S/C58H85N17O16S4/c1-4-5-8-34-52(85)72-41-26-95-93-25-40(50(83)63-21-45(79)66-37(17-30-10-12-32(76)13-11-30)53(86)68-35(51(84)67-34)9-6-7-16-59)71-55(88)42(73-57(90)47(29(2)3)74-46(80)22-62-49(82)36-14-15-44(78)65-36)27-94-92-24-39(48(60)81)70-56(89)43-19-33(77)23-75(43)58(91)38(69-54(41)87)18-31-20-61-28-64-31/h10-13,20,28-29,33-43,47,76-77H,4-9,14-19,21-27,59H2,1-3H3,(H2,60,81)(H,61,64)(H,62,82)(H,63,83)(H,65,78)(H,66,79)(H,67,84)(H,68,86)(H,69,87)(H,70,89)(H,71,88)(H,72,85)(H,73,90)(H,74,80)/t33-,34+,35+,36+,37+,38+,39+,40+,41+,42+,43+,47+/m1/s1. The first kappa shape index (κ1) is 76.2. The van der Waals surface area contributed by atoms with Crippen LogP contribution >= 0.6 is 43.2 Å².